The maximum absolute atomic E-state index is 13.6. The van der Waals surface area contributed by atoms with E-state index < -0.39 is 30.3 Å². The molecule has 1 unspecified atom stereocenters. The number of amides is 1. The average Bonchev–Trinajstić information content (AvgIpc) is 3.37. The summed E-state index contributed by atoms with van der Waals surface area (Å²) in [6, 6.07) is 9.11. The molecule has 0 radical (unpaired) electrons. The molecule has 1 fully saturated rings. The fourth-order valence-corrected chi connectivity index (χ4v) is 4.58. The van der Waals surface area contributed by atoms with E-state index in [9.17, 15) is 23.1 Å². The van der Waals surface area contributed by atoms with E-state index >= 15 is 0 Å². The number of aliphatic hydroxyl groups is 1. The van der Waals surface area contributed by atoms with Gasteiger partial charge in [0.1, 0.15) is 36.9 Å². The van der Waals surface area contributed by atoms with Gasteiger partial charge in [-0.25, -0.2) is 0 Å². The van der Waals surface area contributed by atoms with E-state index in [4.69, 9.17) is 18.9 Å². The molecule has 202 valence electrons. The molecule has 0 spiro atoms. The van der Waals surface area contributed by atoms with Crippen LogP contribution in [0, 0.1) is 0 Å². The molecule has 0 bridgehead atoms. The van der Waals surface area contributed by atoms with E-state index in [-0.39, 0.29) is 32.5 Å². The molecule has 2 aromatic rings. The Kier molecular flexibility index (Phi) is 8.65. The summed E-state index contributed by atoms with van der Waals surface area (Å²) in [6.45, 7) is 0.873. The molecule has 2 aliphatic heterocycles. The Morgan fingerprint density at radius 1 is 1.14 bits per heavy atom. The summed E-state index contributed by atoms with van der Waals surface area (Å²) in [5.74, 6) is 1.73. The number of alkyl halides is 3. The van der Waals surface area contributed by atoms with Crippen molar-refractivity contribution in [1.29, 1.82) is 0 Å². The Bertz CT molecular complexity index is 1050. The number of hydrogen-bond donors (Lipinski definition) is 2. The first kappa shape index (κ1) is 26.9. The molecule has 2 heterocycles. The number of nitrogens with one attached hydrogen (secondary N) is 1. The van der Waals surface area contributed by atoms with E-state index in [1.54, 1.807) is 49.6 Å². The highest BCUT2D eigenvalue weighted by atomic mass is 19.4. The zero-order chi connectivity index (χ0) is 26.4. The fraction of sp³-hybridized carbons (Fsp3) is 0.500. The molecule has 3 atom stereocenters. The van der Waals surface area contributed by atoms with E-state index in [2.05, 4.69) is 5.32 Å². The van der Waals surface area contributed by atoms with Crippen LogP contribution in [-0.4, -0.2) is 74.2 Å². The van der Waals surface area contributed by atoms with Gasteiger partial charge in [0.2, 0.25) is 5.91 Å². The summed E-state index contributed by atoms with van der Waals surface area (Å²) >= 11 is 0. The van der Waals surface area contributed by atoms with Gasteiger partial charge in [0.15, 0.2) is 11.5 Å². The quantitative estimate of drug-likeness (QED) is 0.492. The SMILES string of the molecule is COc1ccc(OCCC(=O)N[C@H](CN2CCCC2C(F)(F)F)[C@H](O)c2ccc3c(c2)OCCO3)cc1. The summed E-state index contributed by atoms with van der Waals surface area (Å²) in [7, 11) is 1.55. The highest BCUT2D eigenvalue weighted by Gasteiger charge is 2.46. The molecule has 2 aliphatic rings. The minimum absolute atomic E-state index is 0.0139. The number of carbonyl (C=O) groups is 1. The second kappa shape index (κ2) is 11.9. The van der Waals surface area contributed by atoms with E-state index in [1.807, 2.05) is 0 Å². The number of nitrogens with zero attached hydrogens (tertiary/aromatic N) is 1. The van der Waals surface area contributed by atoms with Crippen molar-refractivity contribution < 1.29 is 42.0 Å². The van der Waals surface area contributed by atoms with Gasteiger partial charge in [-0.15, -0.1) is 0 Å². The molecule has 0 aromatic heterocycles. The predicted molar refractivity (Wildman–Crippen MR) is 128 cm³/mol. The predicted octanol–water partition coefficient (Wildman–Crippen LogP) is 3.48. The second-order valence-electron chi connectivity index (χ2n) is 8.99. The maximum atomic E-state index is 13.6. The molecule has 1 saturated heterocycles. The highest BCUT2D eigenvalue weighted by Crippen LogP contribution is 2.36. The first-order chi connectivity index (χ1) is 17.7. The molecule has 1 amide bonds. The van der Waals surface area contributed by atoms with Gasteiger partial charge in [0.05, 0.1) is 26.2 Å². The van der Waals surface area contributed by atoms with Gasteiger partial charge in [-0.3, -0.25) is 9.69 Å². The van der Waals surface area contributed by atoms with Gasteiger partial charge in [-0.2, -0.15) is 13.2 Å². The van der Waals surface area contributed by atoms with E-state index in [0.717, 1.165) is 0 Å². The topological polar surface area (TPSA) is 89.5 Å². The number of rotatable bonds is 10. The Morgan fingerprint density at radius 2 is 1.84 bits per heavy atom. The lowest BCUT2D eigenvalue weighted by Crippen LogP contribution is -2.51. The normalized spacial score (nSPS) is 19.2. The number of hydrogen-bond acceptors (Lipinski definition) is 7. The number of benzene rings is 2. The van der Waals surface area contributed by atoms with Crippen LogP contribution in [-0.2, 0) is 4.79 Å². The third kappa shape index (κ3) is 6.98. The van der Waals surface area contributed by atoms with Crippen molar-refractivity contribution in [3.63, 3.8) is 0 Å². The van der Waals surface area contributed by atoms with Gasteiger partial charge >= 0.3 is 6.18 Å². The summed E-state index contributed by atoms with van der Waals surface area (Å²) < 4.78 is 62.5. The molecule has 37 heavy (non-hydrogen) atoms. The zero-order valence-electron chi connectivity index (χ0n) is 20.5. The van der Waals surface area contributed by atoms with Gasteiger partial charge in [-0.05, 0) is 61.3 Å². The number of methoxy groups -OCH3 is 1. The van der Waals surface area contributed by atoms with Gasteiger partial charge in [0.25, 0.3) is 0 Å². The third-order valence-corrected chi connectivity index (χ3v) is 6.47. The Hall–Kier alpha value is -3.18. The first-order valence-electron chi connectivity index (χ1n) is 12.2. The van der Waals surface area contributed by atoms with Crippen LogP contribution >= 0.6 is 0 Å². The van der Waals surface area contributed by atoms with Crippen LogP contribution in [0.2, 0.25) is 0 Å². The molecular formula is C26H31F3N2O6. The summed E-state index contributed by atoms with van der Waals surface area (Å²) in [6.07, 6.45) is -5.32. The van der Waals surface area contributed by atoms with Crippen LogP contribution in [0.3, 0.4) is 0 Å². The minimum atomic E-state index is -4.39. The largest absolute Gasteiger partial charge is 0.497 e. The smallest absolute Gasteiger partial charge is 0.404 e. The Balaban J connectivity index is 1.43. The number of ether oxygens (including phenoxy) is 4. The Morgan fingerprint density at radius 3 is 2.54 bits per heavy atom. The number of halogens is 3. The van der Waals surface area contributed by atoms with Crippen LogP contribution in [0.25, 0.3) is 0 Å². The average molecular weight is 525 g/mol. The number of fused-ring (bicyclic) bond motifs is 1. The number of likely N-dealkylation sites (tertiary alicyclic amines) is 1. The molecule has 2 aromatic carbocycles. The summed E-state index contributed by atoms with van der Waals surface area (Å²) in [5.41, 5.74) is 0.409. The third-order valence-electron chi connectivity index (χ3n) is 6.47. The van der Waals surface area contributed by atoms with Crippen molar-refractivity contribution in [2.45, 2.75) is 43.6 Å². The zero-order valence-corrected chi connectivity index (χ0v) is 20.5. The molecule has 8 nitrogen and oxygen atoms in total. The molecule has 0 saturated carbocycles. The lowest BCUT2D eigenvalue weighted by atomic mass is 10.00. The van der Waals surface area contributed by atoms with Crippen molar-refractivity contribution in [1.82, 2.24) is 10.2 Å². The van der Waals surface area contributed by atoms with Gasteiger partial charge in [0, 0.05) is 6.54 Å². The van der Waals surface area contributed by atoms with E-state index in [0.29, 0.717) is 48.2 Å². The molecule has 2 N–H and O–H groups in total. The van der Waals surface area contributed by atoms with Crippen LogP contribution in [0.15, 0.2) is 42.5 Å². The van der Waals surface area contributed by atoms with Crippen LogP contribution in [0.5, 0.6) is 23.0 Å². The van der Waals surface area contributed by atoms with Crippen LogP contribution < -0.4 is 24.3 Å². The van der Waals surface area contributed by atoms with Gasteiger partial charge < -0.3 is 29.4 Å². The number of carbonyl (C=O) groups excluding carboxylic acids is 1. The molecule has 4 rings (SSSR count). The standard InChI is InChI=1S/C26H31F3N2O6/c1-34-18-5-7-19(8-6-18)35-12-10-24(32)30-20(16-31-11-2-3-23(31)26(27,28)29)25(33)17-4-9-21-22(15-17)37-14-13-36-21/h4-9,15,20,23,25,33H,2-3,10-14,16H2,1H3,(H,30,32)/t20-,23?,25-/m1/s1. The number of aliphatic hydroxyl groups excluding tert-OH is 1. The second-order valence-corrected chi connectivity index (χ2v) is 8.99. The van der Waals surface area contributed by atoms with Crippen LogP contribution in [0.1, 0.15) is 30.9 Å². The summed E-state index contributed by atoms with van der Waals surface area (Å²) in [4.78, 5) is 14.0. The fourth-order valence-electron chi connectivity index (χ4n) is 4.58. The molecular weight excluding hydrogens is 493 g/mol. The van der Waals surface area contributed by atoms with E-state index in [1.165, 1.54) is 4.90 Å². The Labute approximate surface area is 213 Å². The van der Waals surface area contributed by atoms with Gasteiger partial charge in [-0.1, -0.05) is 6.07 Å². The van der Waals surface area contributed by atoms with Crippen molar-refractivity contribution in [2.24, 2.45) is 0 Å². The van der Waals surface area contributed by atoms with Crippen molar-refractivity contribution >= 4 is 5.91 Å². The summed E-state index contributed by atoms with van der Waals surface area (Å²) in [5, 5.41) is 13.9. The maximum Gasteiger partial charge on any atom is 0.404 e. The van der Waals surface area contributed by atoms with Crippen molar-refractivity contribution in [3.05, 3.63) is 48.0 Å². The molecule has 11 heteroatoms. The minimum Gasteiger partial charge on any atom is -0.497 e. The molecule has 0 aliphatic carbocycles. The highest BCUT2D eigenvalue weighted by molar-refractivity contribution is 5.76. The lowest BCUT2D eigenvalue weighted by molar-refractivity contribution is -0.177. The first-order valence-corrected chi connectivity index (χ1v) is 12.2. The van der Waals surface area contributed by atoms with Crippen molar-refractivity contribution in [2.75, 3.05) is 40.0 Å². The van der Waals surface area contributed by atoms with Crippen LogP contribution in [0.4, 0.5) is 13.2 Å². The lowest BCUT2D eigenvalue weighted by Gasteiger charge is -2.33. The monoisotopic (exact) mass is 524 g/mol. The van der Waals surface area contributed by atoms with Crippen molar-refractivity contribution in [3.8, 4) is 23.0 Å².